The van der Waals surface area contributed by atoms with E-state index in [4.69, 9.17) is 9.47 Å². The van der Waals surface area contributed by atoms with Gasteiger partial charge in [-0.25, -0.2) is 4.79 Å². The molecule has 3 amide bonds. The van der Waals surface area contributed by atoms with E-state index in [1.165, 1.54) is 14.0 Å². The van der Waals surface area contributed by atoms with Crippen molar-refractivity contribution in [2.75, 3.05) is 31.4 Å². The molecule has 2 N–H and O–H groups in total. The Kier molecular flexibility index (Phi) is 5.49. The summed E-state index contributed by atoms with van der Waals surface area (Å²) in [5.41, 5.74) is 2.14. The highest BCUT2D eigenvalue weighted by atomic mass is 16.5. The van der Waals surface area contributed by atoms with Gasteiger partial charge in [-0.05, 0) is 42.3 Å². The maximum Gasteiger partial charge on any atom is 0.322 e. The zero-order valence-corrected chi connectivity index (χ0v) is 15.6. The van der Waals surface area contributed by atoms with Crippen LogP contribution in [0.2, 0.25) is 0 Å². The van der Waals surface area contributed by atoms with Crippen molar-refractivity contribution >= 4 is 23.3 Å². The molecule has 0 spiro atoms. The number of nitrogens with one attached hydrogen (secondary N) is 2. The van der Waals surface area contributed by atoms with Crippen LogP contribution in [0.25, 0.3) is 0 Å². The Balaban J connectivity index is 1.72. The standard InChI is InChI=1S/C20H23N3O4/c1-13(24)21-17-12-15(7-8-19(17)27-3)22-20(25)23-10-9-18(23)14-5-4-6-16(11-14)26-2/h4-8,11-12,18H,9-10H2,1-3H3,(H,21,24)(H,22,25)/t18-/m1/s1. The summed E-state index contributed by atoms with van der Waals surface area (Å²) in [4.78, 5) is 25.8. The second kappa shape index (κ2) is 7.99. The molecule has 2 aromatic carbocycles. The van der Waals surface area contributed by atoms with Crippen molar-refractivity contribution in [3.8, 4) is 11.5 Å². The summed E-state index contributed by atoms with van der Waals surface area (Å²) in [5, 5.41) is 5.59. The summed E-state index contributed by atoms with van der Waals surface area (Å²) in [7, 11) is 3.15. The Bertz CT molecular complexity index is 853. The minimum Gasteiger partial charge on any atom is -0.497 e. The van der Waals surface area contributed by atoms with Gasteiger partial charge in [0.15, 0.2) is 0 Å². The number of likely N-dealkylation sites (tertiary alicyclic amines) is 1. The SMILES string of the molecule is COc1cccc([C@H]2CCN2C(=O)Nc2ccc(OC)c(NC(C)=O)c2)c1. The lowest BCUT2D eigenvalue weighted by molar-refractivity contribution is -0.114. The van der Waals surface area contributed by atoms with Crippen molar-refractivity contribution in [3.05, 3.63) is 48.0 Å². The number of ether oxygens (including phenoxy) is 2. The Hall–Kier alpha value is -3.22. The molecule has 1 aliphatic heterocycles. The molecule has 1 aliphatic rings. The quantitative estimate of drug-likeness (QED) is 0.843. The molecule has 27 heavy (non-hydrogen) atoms. The highest BCUT2D eigenvalue weighted by Gasteiger charge is 2.33. The van der Waals surface area contributed by atoms with Crippen LogP contribution in [0.15, 0.2) is 42.5 Å². The molecular formula is C20H23N3O4. The Morgan fingerprint density at radius 1 is 1.07 bits per heavy atom. The molecule has 142 valence electrons. The van der Waals surface area contributed by atoms with Crippen LogP contribution in [0.4, 0.5) is 16.2 Å². The number of hydrogen-bond donors (Lipinski definition) is 2. The normalized spacial score (nSPS) is 15.5. The van der Waals surface area contributed by atoms with Crippen LogP contribution in [0, 0.1) is 0 Å². The maximum atomic E-state index is 12.7. The van der Waals surface area contributed by atoms with Crippen LogP contribution in [-0.4, -0.2) is 37.6 Å². The van der Waals surface area contributed by atoms with Gasteiger partial charge in [0.25, 0.3) is 0 Å². The molecule has 7 heteroatoms. The first-order chi connectivity index (χ1) is 13.0. The number of nitrogens with zero attached hydrogens (tertiary/aromatic N) is 1. The number of urea groups is 1. The Morgan fingerprint density at radius 2 is 1.89 bits per heavy atom. The molecule has 0 aliphatic carbocycles. The van der Waals surface area contributed by atoms with E-state index in [0.717, 1.165) is 17.7 Å². The van der Waals surface area contributed by atoms with Gasteiger partial charge in [-0.2, -0.15) is 0 Å². The van der Waals surface area contributed by atoms with Gasteiger partial charge in [-0.1, -0.05) is 12.1 Å². The van der Waals surface area contributed by atoms with Crippen LogP contribution in [0.1, 0.15) is 24.9 Å². The predicted molar refractivity (Wildman–Crippen MR) is 103 cm³/mol. The molecule has 1 saturated heterocycles. The van der Waals surface area contributed by atoms with E-state index in [1.807, 2.05) is 24.3 Å². The van der Waals surface area contributed by atoms with Crippen molar-refractivity contribution < 1.29 is 19.1 Å². The molecule has 0 saturated carbocycles. The van der Waals surface area contributed by atoms with E-state index in [9.17, 15) is 9.59 Å². The first kappa shape index (κ1) is 18.6. The topological polar surface area (TPSA) is 79.9 Å². The van der Waals surface area contributed by atoms with Gasteiger partial charge < -0.3 is 25.0 Å². The largest absolute Gasteiger partial charge is 0.497 e. The van der Waals surface area contributed by atoms with E-state index in [0.29, 0.717) is 23.7 Å². The smallest absolute Gasteiger partial charge is 0.322 e. The zero-order valence-electron chi connectivity index (χ0n) is 15.6. The lowest BCUT2D eigenvalue weighted by Gasteiger charge is -2.41. The lowest BCUT2D eigenvalue weighted by Crippen LogP contribution is -2.47. The third kappa shape index (κ3) is 4.13. The maximum absolute atomic E-state index is 12.7. The summed E-state index contributed by atoms with van der Waals surface area (Å²) in [6.07, 6.45) is 0.903. The number of methoxy groups -OCH3 is 2. The fourth-order valence-electron chi connectivity index (χ4n) is 3.09. The fourth-order valence-corrected chi connectivity index (χ4v) is 3.09. The van der Waals surface area contributed by atoms with Gasteiger partial charge in [-0.3, -0.25) is 4.79 Å². The highest BCUT2D eigenvalue weighted by molar-refractivity contribution is 5.94. The molecule has 1 heterocycles. The highest BCUT2D eigenvalue weighted by Crippen LogP contribution is 2.35. The molecule has 0 radical (unpaired) electrons. The summed E-state index contributed by atoms with van der Waals surface area (Å²) in [6, 6.07) is 12.7. The average Bonchev–Trinajstić information content (AvgIpc) is 2.60. The van der Waals surface area contributed by atoms with Crippen LogP contribution in [0.5, 0.6) is 11.5 Å². The third-order valence-corrected chi connectivity index (χ3v) is 4.52. The zero-order chi connectivity index (χ0) is 19.4. The summed E-state index contributed by atoms with van der Waals surface area (Å²) < 4.78 is 10.5. The molecule has 3 rings (SSSR count). The average molecular weight is 369 g/mol. The third-order valence-electron chi connectivity index (χ3n) is 4.52. The van der Waals surface area contributed by atoms with Crippen molar-refractivity contribution in [2.24, 2.45) is 0 Å². The van der Waals surface area contributed by atoms with Crippen molar-refractivity contribution in [1.29, 1.82) is 0 Å². The lowest BCUT2D eigenvalue weighted by atomic mass is 9.95. The van der Waals surface area contributed by atoms with Crippen molar-refractivity contribution in [1.82, 2.24) is 4.90 Å². The molecule has 7 nitrogen and oxygen atoms in total. The van der Waals surface area contributed by atoms with E-state index in [-0.39, 0.29) is 18.0 Å². The van der Waals surface area contributed by atoms with E-state index < -0.39 is 0 Å². The van der Waals surface area contributed by atoms with E-state index >= 15 is 0 Å². The van der Waals surface area contributed by atoms with E-state index in [2.05, 4.69) is 10.6 Å². The van der Waals surface area contributed by atoms with Crippen LogP contribution in [-0.2, 0) is 4.79 Å². The van der Waals surface area contributed by atoms with Gasteiger partial charge >= 0.3 is 6.03 Å². The number of carbonyl (C=O) groups excluding carboxylic acids is 2. The van der Waals surface area contributed by atoms with Gasteiger partial charge in [0.1, 0.15) is 11.5 Å². The van der Waals surface area contributed by atoms with Crippen molar-refractivity contribution in [3.63, 3.8) is 0 Å². The molecule has 1 fully saturated rings. The number of benzene rings is 2. The van der Waals surface area contributed by atoms with Crippen molar-refractivity contribution in [2.45, 2.75) is 19.4 Å². The first-order valence-corrected chi connectivity index (χ1v) is 8.69. The van der Waals surface area contributed by atoms with E-state index in [1.54, 1.807) is 30.2 Å². The van der Waals surface area contributed by atoms with Gasteiger partial charge in [0.2, 0.25) is 5.91 Å². The van der Waals surface area contributed by atoms with Gasteiger partial charge in [0.05, 0.1) is 25.9 Å². The van der Waals surface area contributed by atoms with Gasteiger partial charge in [0, 0.05) is 19.2 Å². The summed E-state index contributed by atoms with van der Waals surface area (Å²) in [6.45, 7) is 2.10. The molecule has 2 aromatic rings. The molecular weight excluding hydrogens is 346 g/mol. The molecule has 0 unspecified atom stereocenters. The minimum atomic E-state index is -0.211. The molecule has 0 aromatic heterocycles. The summed E-state index contributed by atoms with van der Waals surface area (Å²) in [5.74, 6) is 1.09. The molecule has 0 bridgehead atoms. The Labute approximate surface area is 158 Å². The van der Waals surface area contributed by atoms with Crippen LogP contribution in [0.3, 0.4) is 0 Å². The molecule has 1 atom stereocenters. The predicted octanol–water partition coefficient (Wildman–Crippen LogP) is 3.64. The number of rotatable bonds is 5. The van der Waals surface area contributed by atoms with Crippen LogP contribution < -0.4 is 20.1 Å². The fraction of sp³-hybridized carbons (Fsp3) is 0.300. The van der Waals surface area contributed by atoms with Crippen LogP contribution >= 0.6 is 0 Å². The second-order valence-corrected chi connectivity index (χ2v) is 6.30. The first-order valence-electron chi connectivity index (χ1n) is 8.69. The Morgan fingerprint density at radius 3 is 2.52 bits per heavy atom. The monoisotopic (exact) mass is 369 g/mol. The number of anilines is 2. The summed E-state index contributed by atoms with van der Waals surface area (Å²) >= 11 is 0. The number of hydrogen-bond acceptors (Lipinski definition) is 4. The number of carbonyl (C=O) groups is 2. The van der Waals surface area contributed by atoms with Gasteiger partial charge in [-0.15, -0.1) is 0 Å². The number of amides is 3. The second-order valence-electron chi connectivity index (χ2n) is 6.30. The minimum absolute atomic E-state index is 0.0214.